The van der Waals surface area contributed by atoms with Gasteiger partial charge in [0, 0.05) is 4.88 Å². The number of carbonyl (C=O) groups is 1. The minimum absolute atomic E-state index is 0.0888. The molecule has 0 aliphatic carbocycles. The lowest BCUT2D eigenvalue weighted by atomic mass is 10.2. The van der Waals surface area contributed by atoms with Gasteiger partial charge in [-0.3, -0.25) is 0 Å². The van der Waals surface area contributed by atoms with E-state index >= 15 is 0 Å². The smallest absolute Gasteiger partial charge is 0.339 e. The summed E-state index contributed by atoms with van der Waals surface area (Å²) in [7, 11) is 0. The molecule has 112 valence electrons. The van der Waals surface area contributed by atoms with Crippen LogP contribution in [0.2, 0.25) is 0 Å². The Hall–Kier alpha value is -2.08. The summed E-state index contributed by atoms with van der Waals surface area (Å²) in [4.78, 5) is 16.8. The van der Waals surface area contributed by atoms with Crippen LogP contribution in [0.3, 0.4) is 0 Å². The van der Waals surface area contributed by atoms with Crippen LogP contribution < -0.4 is 9.47 Å². The summed E-state index contributed by atoms with van der Waals surface area (Å²) in [5.41, 5.74) is 1.06. The van der Waals surface area contributed by atoms with E-state index in [1.165, 1.54) is 6.07 Å². The third kappa shape index (κ3) is 3.52. The van der Waals surface area contributed by atoms with Crippen LogP contribution in [0.25, 0.3) is 0 Å². The normalized spacial score (nSPS) is 10.4. The van der Waals surface area contributed by atoms with Gasteiger partial charge in [-0.25, -0.2) is 9.78 Å². The summed E-state index contributed by atoms with van der Waals surface area (Å²) in [6.07, 6.45) is 0. The Kier molecular flexibility index (Phi) is 4.80. The van der Waals surface area contributed by atoms with Gasteiger partial charge in [-0.05, 0) is 32.9 Å². The van der Waals surface area contributed by atoms with Crippen molar-refractivity contribution in [3.8, 4) is 11.5 Å². The number of thiazole rings is 1. The van der Waals surface area contributed by atoms with Crippen molar-refractivity contribution in [3.63, 3.8) is 0 Å². The predicted octanol–water partition coefficient (Wildman–Crippen LogP) is 3.44. The average Bonchev–Trinajstić information content (AvgIpc) is 2.76. The summed E-state index contributed by atoms with van der Waals surface area (Å²) < 4.78 is 11.1. The third-order valence-corrected chi connectivity index (χ3v) is 3.97. The topological polar surface area (TPSA) is 68.7 Å². The average molecular weight is 307 g/mol. The van der Waals surface area contributed by atoms with Crippen molar-refractivity contribution in [2.45, 2.75) is 27.4 Å². The fourth-order valence-corrected chi connectivity index (χ4v) is 2.68. The number of carboxylic acids is 1. The van der Waals surface area contributed by atoms with Crippen molar-refractivity contribution in [1.29, 1.82) is 0 Å². The number of ether oxygens (including phenoxy) is 2. The van der Waals surface area contributed by atoms with Gasteiger partial charge in [-0.1, -0.05) is 6.07 Å². The van der Waals surface area contributed by atoms with Crippen molar-refractivity contribution in [3.05, 3.63) is 39.3 Å². The zero-order valence-electron chi connectivity index (χ0n) is 12.2. The minimum Gasteiger partial charge on any atom is -0.490 e. The molecule has 1 aromatic heterocycles. The Labute approximate surface area is 127 Å². The molecule has 0 atom stereocenters. The first-order valence-corrected chi connectivity index (χ1v) is 7.39. The van der Waals surface area contributed by atoms with Crippen molar-refractivity contribution in [1.82, 2.24) is 4.98 Å². The highest BCUT2D eigenvalue weighted by Crippen LogP contribution is 2.32. The molecule has 0 saturated carbocycles. The van der Waals surface area contributed by atoms with E-state index in [1.807, 2.05) is 20.8 Å². The fourth-order valence-electron chi connectivity index (χ4n) is 1.84. The van der Waals surface area contributed by atoms with Gasteiger partial charge >= 0.3 is 5.97 Å². The van der Waals surface area contributed by atoms with Gasteiger partial charge in [0.2, 0.25) is 0 Å². The monoisotopic (exact) mass is 307 g/mol. The van der Waals surface area contributed by atoms with E-state index in [0.717, 1.165) is 15.6 Å². The molecular weight excluding hydrogens is 290 g/mol. The van der Waals surface area contributed by atoms with Crippen LogP contribution in [-0.4, -0.2) is 22.7 Å². The number of rotatable bonds is 6. The van der Waals surface area contributed by atoms with Gasteiger partial charge in [0.15, 0.2) is 11.5 Å². The maximum absolute atomic E-state index is 11.3. The van der Waals surface area contributed by atoms with Crippen LogP contribution in [0.15, 0.2) is 18.2 Å². The molecule has 1 N–H and O–H groups in total. The van der Waals surface area contributed by atoms with E-state index in [9.17, 15) is 9.90 Å². The van der Waals surface area contributed by atoms with Gasteiger partial charge in [-0.2, -0.15) is 0 Å². The molecule has 0 aliphatic heterocycles. The molecule has 21 heavy (non-hydrogen) atoms. The molecule has 0 unspecified atom stereocenters. The summed E-state index contributed by atoms with van der Waals surface area (Å²) in [5, 5.41) is 10.1. The highest BCUT2D eigenvalue weighted by Gasteiger charge is 2.17. The van der Waals surface area contributed by atoms with Crippen molar-refractivity contribution in [2.75, 3.05) is 6.61 Å². The number of aromatic carboxylic acids is 1. The number of hydrogen-bond donors (Lipinski definition) is 1. The van der Waals surface area contributed by atoms with Crippen LogP contribution >= 0.6 is 11.3 Å². The van der Waals surface area contributed by atoms with Gasteiger partial charge < -0.3 is 14.6 Å². The molecule has 2 rings (SSSR count). The number of aromatic nitrogens is 1. The quantitative estimate of drug-likeness (QED) is 0.885. The van der Waals surface area contributed by atoms with Crippen LogP contribution in [0.5, 0.6) is 11.5 Å². The van der Waals surface area contributed by atoms with Crippen LogP contribution in [0.4, 0.5) is 0 Å². The van der Waals surface area contributed by atoms with E-state index in [4.69, 9.17) is 9.47 Å². The second-order valence-electron chi connectivity index (χ2n) is 4.41. The molecule has 0 bridgehead atoms. The van der Waals surface area contributed by atoms with E-state index in [1.54, 1.807) is 23.5 Å². The second-order valence-corrected chi connectivity index (χ2v) is 5.70. The zero-order valence-corrected chi connectivity index (χ0v) is 13.0. The molecule has 0 saturated heterocycles. The molecule has 0 radical (unpaired) electrons. The van der Waals surface area contributed by atoms with Crippen LogP contribution in [-0.2, 0) is 6.61 Å². The summed E-state index contributed by atoms with van der Waals surface area (Å²) >= 11 is 1.54. The fraction of sp³-hybridized carbons (Fsp3) is 0.333. The van der Waals surface area contributed by atoms with E-state index in [-0.39, 0.29) is 17.9 Å². The van der Waals surface area contributed by atoms with Crippen molar-refractivity contribution >= 4 is 17.3 Å². The number of aryl methyl sites for hydroxylation is 2. The first-order chi connectivity index (χ1) is 10.0. The van der Waals surface area contributed by atoms with Crippen LogP contribution in [0, 0.1) is 13.8 Å². The largest absolute Gasteiger partial charge is 0.490 e. The van der Waals surface area contributed by atoms with Gasteiger partial charge in [0.05, 0.1) is 12.3 Å². The molecule has 0 aliphatic rings. The number of para-hydroxylation sites is 1. The number of nitrogens with zero attached hydrogens (tertiary/aromatic N) is 1. The molecular formula is C15H17NO4S. The van der Waals surface area contributed by atoms with E-state index in [2.05, 4.69) is 4.98 Å². The molecule has 1 heterocycles. The summed E-state index contributed by atoms with van der Waals surface area (Å²) in [5.74, 6) is -0.363. The van der Waals surface area contributed by atoms with Crippen molar-refractivity contribution < 1.29 is 19.4 Å². The predicted molar refractivity (Wildman–Crippen MR) is 80.5 cm³/mol. The molecule has 6 heteroatoms. The Morgan fingerprint density at radius 2 is 2.10 bits per heavy atom. The number of benzene rings is 1. The maximum atomic E-state index is 11.3. The summed E-state index contributed by atoms with van der Waals surface area (Å²) in [6, 6.07) is 4.83. The number of carboxylic acid groups (broad SMARTS) is 1. The number of hydrogen-bond acceptors (Lipinski definition) is 5. The molecule has 0 amide bonds. The summed E-state index contributed by atoms with van der Waals surface area (Å²) in [6.45, 7) is 6.43. The lowest BCUT2D eigenvalue weighted by molar-refractivity contribution is 0.0690. The molecule has 0 fully saturated rings. The SMILES string of the molecule is CCOc1cccc(C(=O)O)c1OCc1nc(C)c(C)s1. The van der Waals surface area contributed by atoms with Gasteiger partial charge in [0.25, 0.3) is 0 Å². The Bertz CT molecular complexity index is 632. The molecule has 5 nitrogen and oxygen atoms in total. The van der Waals surface area contributed by atoms with E-state index in [0.29, 0.717) is 12.4 Å². The first kappa shape index (κ1) is 15.3. The Morgan fingerprint density at radius 1 is 1.33 bits per heavy atom. The van der Waals surface area contributed by atoms with Gasteiger partial charge in [0.1, 0.15) is 17.2 Å². The lowest BCUT2D eigenvalue weighted by Crippen LogP contribution is -2.06. The Balaban J connectivity index is 2.26. The Morgan fingerprint density at radius 3 is 2.67 bits per heavy atom. The minimum atomic E-state index is -1.04. The van der Waals surface area contributed by atoms with Crippen LogP contribution in [0.1, 0.15) is 32.9 Å². The lowest BCUT2D eigenvalue weighted by Gasteiger charge is -2.13. The van der Waals surface area contributed by atoms with Gasteiger partial charge in [-0.15, -0.1) is 11.3 Å². The van der Waals surface area contributed by atoms with Crippen molar-refractivity contribution in [2.24, 2.45) is 0 Å². The highest BCUT2D eigenvalue weighted by atomic mass is 32.1. The highest BCUT2D eigenvalue weighted by molar-refractivity contribution is 7.11. The maximum Gasteiger partial charge on any atom is 0.339 e. The second kappa shape index (κ2) is 6.58. The third-order valence-electron chi connectivity index (χ3n) is 2.92. The molecule has 1 aromatic carbocycles. The molecule has 2 aromatic rings. The van der Waals surface area contributed by atoms with E-state index < -0.39 is 5.97 Å². The molecule has 0 spiro atoms. The first-order valence-electron chi connectivity index (χ1n) is 6.57. The zero-order chi connectivity index (χ0) is 15.4. The standard InChI is InChI=1S/C15H17NO4S/c1-4-19-12-7-5-6-11(15(17)18)14(12)20-8-13-16-9(2)10(3)21-13/h5-7H,4,8H2,1-3H3,(H,17,18).